The number of para-hydroxylation sites is 1. The number of hydrogen-bond donors (Lipinski definition) is 1. The van der Waals surface area contributed by atoms with Crippen LogP contribution in [0.3, 0.4) is 0 Å². The van der Waals surface area contributed by atoms with Gasteiger partial charge in [-0.3, -0.25) is 0 Å². The molecule has 0 aliphatic carbocycles. The maximum atomic E-state index is 5.24. The van der Waals surface area contributed by atoms with Gasteiger partial charge in [-0.2, -0.15) is 0 Å². The number of nitrogens with zero attached hydrogens (tertiary/aromatic N) is 1. The molecule has 0 aliphatic heterocycles. The van der Waals surface area contributed by atoms with Gasteiger partial charge >= 0.3 is 0 Å². The Morgan fingerprint density at radius 2 is 2.00 bits per heavy atom. The van der Waals surface area contributed by atoms with Crippen LogP contribution in [0.1, 0.15) is 0 Å². The van der Waals surface area contributed by atoms with Crippen LogP contribution >= 0.6 is 12.2 Å². The first kappa shape index (κ1) is 8.90. The largest absolute Gasteiger partial charge is 0.413 e. The highest BCUT2D eigenvalue weighted by Crippen LogP contribution is 2.15. The van der Waals surface area contributed by atoms with Crippen LogP contribution in [0.2, 0.25) is 0 Å². The molecule has 2 N–H and O–H groups in total. The molecule has 0 saturated heterocycles. The van der Waals surface area contributed by atoms with E-state index in [0.717, 1.165) is 10.9 Å². The summed E-state index contributed by atoms with van der Waals surface area (Å²) < 4.78 is 5.02. The van der Waals surface area contributed by atoms with Gasteiger partial charge in [0.05, 0.1) is 5.52 Å². The summed E-state index contributed by atoms with van der Waals surface area (Å²) >= 11 is 4.62. The lowest BCUT2D eigenvalue weighted by Gasteiger charge is -2.02. The Morgan fingerprint density at radius 3 is 2.79 bits per heavy atom. The lowest BCUT2D eigenvalue weighted by atomic mass is 10.2. The van der Waals surface area contributed by atoms with Crippen LogP contribution in [0, 0.1) is 0 Å². The van der Waals surface area contributed by atoms with E-state index in [2.05, 4.69) is 17.2 Å². The molecule has 0 aliphatic rings. The number of thiocarbonyl (C=S) groups is 1. The fourth-order valence-corrected chi connectivity index (χ4v) is 1.29. The van der Waals surface area contributed by atoms with Crippen LogP contribution in [0.15, 0.2) is 36.4 Å². The molecule has 1 aromatic heterocycles. The van der Waals surface area contributed by atoms with Crippen molar-refractivity contribution in [1.29, 1.82) is 0 Å². The van der Waals surface area contributed by atoms with Gasteiger partial charge < -0.3 is 10.5 Å². The van der Waals surface area contributed by atoms with Crippen molar-refractivity contribution in [3.8, 4) is 5.88 Å². The van der Waals surface area contributed by atoms with Crippen LogP contribution in [0.4, 0.5) is 0 Å². The van der Waals surface area contributed by atoms with Crippen molar-refractivity contribution in [1.82, 2.24) is 4.98 Å². The zero-order chi connectivity index (χ0) is 9.97. The Morgan fingerprint density at radius 1 is 1.21 bits per heavy atom. The van der Waals surface area contributed by atoms with Gasteiger partial charge in [0.2, 0.25) is 5.88 Å². The average Bonchev–Trinajstić information content (AvgIpc) is 2.17. The van der Waals surface area contributed by atoms with Crippen molar-refractivity contribution >= 4 is 28.3 Å². The second-order valence-electron chi connectivity index (χ2n) is 2.76. The van der Waals surface area contributed by atoms with Gasteiger partial charge in [0.15, 0.2) is 0 Å². The molecule has 0 atom stereocenters. The molecule has 2 aromatic rings. The van der Waals surface area contributed by atoms with E-state index in [1.54, 1.807) is 6.07 Å². The van der Waals surface area contributed by atoms with Gasteiger partial charge in [0, 0.05) is 11.5 Å². The summed E-state index contributed by atoms with van der Waals surface area (Å²) in [6, 6.07) is 11.4. The maximum absolute atomic E-state index is 5.24. The number of rotatable bonds is 1. The first-order valence-electron chi connectivity index (χ1n) is 4.09. The van der Waals surface area contributed by atoms with E-state index in [0.29, 0.717) is 5.88 Å². The van der Waals surface area contributed by atoms with Crippen molar-refractivity contribution in [3.05, 3.63) is 36.4 Å². The summed E-state index contributed by atoms with van der Waals surface area (Å²) in [5.74, 6) is 0.427. The first-order valence-corrected chi connectivity index (χ1v) is 4.49. The number of hydrogen-bond acceptors (Lipinski definition) is 3. The molecule has 1 aromatic carbocycles. The summed E-state index contributed by atoms with van der Waals surface area (Å²) in [5.41, 5.74) is 6.10. The third kappa shape index (κ3) is 1.80. The van der Waals surface area contributed by atoms with E-state index in [1.165, 1.54) is 0 Å². The zero-order valence-corrected chi connectivity index (χ0v) is 8.12. The van der Waals surface area contributed by atoms with Crippen molar-refractivity contribution in [2.45, 2.75) is 0 Å². The molecule has 0 spiro atoms. The maximum Gasteiger partial charge on any atom is 0.260 e. The molecule has 0 radical (unpaired) electrons. The van der Waals surface area contributed by atoms with Crippen LogP contribution in [0.25, 0.3) is 10.9 Å². The highest BCUT2D eigenvalue weighted by molar-refractivity contribution is 7.80. The molecule has 70 valence electrons. The minimum absolute atomic E-state index is 0.0206. The SMILES string of the molecule is NC(=S)Oc1ccc2ccccc2n1. The third-order valence-electron chi connectivity index (χ3n) is 1.78. The summed E-state index contributed by atoms with van der Waals surface area (Å²) in [7, 11) is 0. The van der Waals surface area contributed by atoms with E-state index in [-0.39, 0.29) is 5.17 Å². The van der Waals surface area contributed by atoms with E-state index in [1.807, 2.05) is 30.3 Å². The first-order chi connectivity index (χ1) is 6.75. The number of pyridine rings is 1. The Bertz CT molecular complexity index is 484. The van der Waals surface area contributed by atoms with E-state index in [9.17, 15) is 0 Å². The molecule has 0 amide bonds. The fourth-order valence-electron chi connectivity index (χ4n) is 1.21. The molecule has 2 rings (SSSR count). The van der Waals surface area contributed by atoms with Crippen molar-refractivity contribution in [2.24, 2.45) is 5.73 Å². The van der Waals surface area contributed by atoms with Gasteiger partial charge in [-0.25, -0.2) is 4.98 Å². The molecular formula is C10H8N2OS. The number of benzene rings is 1. The number of fused-ring (bicyclic) bond motifs is 1. The lowest BCUT2D eigenvalue weighted by Crippen LogP contribution is -2.16. The van der Waals surface area contributed by atoms with Crippen LogP contribution in [-0.4, -0.2) is 10.2 Å². The highest BCUT2D eigenvalue weighted by atomic mass is 32.1. The molecule has 0 fully saturated rings. The summed E-state index contributed by atoms with van der Waals surface area (Å²) in [5, 5.41) is 1.04. The van der Waals surface area contributed by atoms with Crippen molar-refractivity contribution in [2.75, 3.05) is 0 Å². The Kier molecular flexibility index (Phi) is 2.28. The number of nitrogens with two attached hydrogens (primary N) is 1. The van der Waals surface area contributed by atoms with Crippen LogP contribution < -0.4 is 10.5 Å². The molecule has 0 bridgehead atoms. The van der Waals surface area contributed by atoms with Gasteiger partial charge in [-0.15, -0.1) is 0 Å². The Hall–Kier alpha value is -1.68. The molecule has 14 heavy (non-hydrogen) atoms. The number of ether oxygens (including phenoxy) is 1. The molecule has 3 nitrogen and oxygen atoms in total. The smallest absolute Gasteiger partial charge is 0.260 e. The predicted molar refractivity (Wildman–Crippen MR) is 59.2 cm³/mol. The fraction of sp³-hybridized carbons (Fsp3) is 0. The van der Waals surface area contributed by atoms with Gasteiger partial charge in [-0.05, 0) is 24.4 Å². The van der Waals surface area contributed by atoms with E-state index < -0.39 is 0 Å². The standard InChI is InChI=1S/C10H8N2OS/c11-10(14)13-9-6-5-7-3-1-2-4-8(7)12-9/h1-6H,(H2,11,14). The summed E-state index contributed by atoms with van der Waals surface area (Å²) in [6.45, 7) is 0. The Balaban J connectivity index is 2.46. The normalized spacial score (nSPS) is 10.0. The second-order valence-corrected chi connectivity index (χ2v) is 3.17. The average molecular weight is 204 g/mol. The monoisotopic (exact) mass is 204 g/mol. The predicted octanol–water partition coefficient (Wildman–Crippen LogP) is 1.86. The minimum Gasteiger partial charge on any atom is -0.413 e. The lowest BCUT2D eigenvalue weighted by molar-refractivity contribution is 0.536. The second kappa shape index (κ2) is 3.59. The molecule has 4 heteroatoms. The van der Waals surface area contributed by atoms with Crippen LogP contribution in [-0.2, 0) is 0 Å². The molecule has 0 unspecified atom stereocenters. The van der Waals surface area contributed by atoms with E-state index >= 15 is 0 Å². The van der Waals surface area contributed by atoms with Gasteiger partial charge in [-0.1, -0.05) is 18.2 Å². The van der Waals surface area contributed by atoms with Crippen molar-refractivity contribution in [3.63, 3.8) is 0 Å². The van der Waals surface area contributed by atoms with Gasteiger partial charge in [0.1, 0.15) is 0 Å². The molecule has 0 saturated carbocycles. The molecular weight excluding hydrogens is 196 g/mol. The van der Waals surface area contributed by atoms with Crippen LogP contribution in [0.5, 0.6) is 5.88 Å². The highest BCUT2D eigenvalue weighted by Gasteiger charge is 1.99. The molecule has 1 heterocycles. The minimum atomic E-state index is -0.0206. The quantitative estimate of drug-likeness (QED) is 0.720. The number of aromatic nitrogens is 1. The summed E-state index contributed by atoms with van der Waals surface area (Å²) in [4.78, 5) is 4.23. The van der Waals surface area contributed by atoms with Crippen molar-refractivity contribution < 1.29 is 4.74 Å². The topological polar surface area (TPSA) is 48.1 Å². The Labute approximate surface area is 86.5 Å². The third-order valence-corrected chi connectivity index (χ3v) is 1.86. The summed E-state index contributed by atoms with van der Waals surface area (Å²) in [6.07, 6.45) is 0. The van der Waals surface area contributed by atoms with E-state index in [4.69, 9.17) is 10.5 Å². The zero-order valence-electron chi connectivity index (χ0n) is 7.31. The van der Waals surface area contributed by atoms with Gasteiger partial charge in [0.25, 0.3) is 5.17 Å².